The third-order valence-electron chi connectivity index (χ3n) is 4.12. The normalized spacial score (nSPS) is 32.4. The lowest BCUT2D eigenvalue weighted by Gasteiger charge is -2.31. The molecule has 16 nitrogen and oxygen atoms in total. The summed E-state index contributed by atoms with van der Waals surface area (Å²) in [5.41, 5.74) is -6.79. The Kier molecular flexibility index (Phi) is 7.90. The molecular weight excluding hydrogens is 528 g/mol. The van der Waals surface area contributed by atoms with E-state index >= 15 is 0 Å². The summed E-state index contributed by atoms with van der Waals surface area (Å²) < 4.78 is 54.2. The van der Waals surface area contributed by atoms with Crippen LogP contribution in [0.3, 0.4) is 0 Å². The Labute approximate surface area is 182 Å². The molecule has 6 atom stereocenters. The Morgan fingerprint density at radius 1 is 1.28 bits per heavy atom. The molecule has 21 heteroatoms. The number of aliphatic hydroxyl groups excluding tert-OH is 1. The predicted octanol–water partition coefficient (Wildman–Crippen LogP) is -1.65. The van der Waals surface area contributed by atoms with Gasteiger partial charge in [-0.1, -0.05) is 0 Å². The van der Waals surface area contributed by atoms with Crippen molar-refractivity contribution >= 4 is 34.2 Å². The maximum atomic E-state index is 13.9. The lowest BCUT2D eigenvalue weighted by Crippen LogP contribution is -2.53. The summed E-state index contributed by atoms with van der Waals surface area (Å²) in [6.07, 6.45) is -3.06. The van der Waals surface area contributed by atoms with Gasteiger partial charge in [0.2, 0.25) is 0 Å². The summed E-state index contributed by atoms with van der Waals surface area (Å²) in [6.45, 7) is -6.79. The first-order valence-corrected chi connectivity index (χ1v) is 13.7. The summed E-state index contributed by atoms with van der Waals surface area (Å²) in [5.74, 6) is 0. The number of hydrogen-bond acceptors (Lipinski definition) is 11. The number of halogens is 1. The minimum Gasteiger partial charge on any atom is -0.387 e. The summed E-state index contributed by atoms with van der Waals surface area (Å²) in [5, 5.41) is 21.1. The topological polar surface area (TPSA) is 247 Å². The van der Waals surface area contributed by atoms with Gasteiger partial charge >= 0.3 is 28.1 Å². The van der Waals surface area contributed by atoms with Gasteiger partial charge in [0, 0.05) is 12.3 Å². The molecule has 0 bridgehead atoms. The Hall–Kier alpha value is -0.680. The van der Waals surface area contributed by atoms with Crippen molar-refractivity contribution in [1.82, 2.24) is 9.55 Å². The van der Waals surface area contributed by atoms with Gasteiger partial charge in [-0.25, -0.2) is 22.6 Å². The maximum absolute atomic E-state index is 13.9. The fraction of sp³-hybridized carbons (Fsp3) is 0.636. The Balaban J connectivity index is 2.28. The molecule has 0 aromatic carbocycles. The lowest BCUT2D eigenvalue weighted by atomic mass is 9.88. The average molecular weight is 546 g/mol. The molecule has 32 heavy (non-hydrogen) atoms. The second-order valence-electron chi connectivity index (χ2n) is 6.68. The molecule has 2 rings (SSSR count). The van der Waals surface area contributed by atoms with Crippen LogP contribution in [-0.4, -0.2) is 69.9 Å². The third kappa shape index (κ3) is 6.25. The molecule has 1 aliphatic heterocycles. The van der Waals surface area contributed by atoms with Crippen LogP contribution >= 0.6 is 22.4 Å². The summed E-state index contributed by atoms with van der Waals surface area (Å²) in [6, 6.07) is 0.875. The number of alkyl halides is 1. The van der Waals surface area contributed by atoms with Crippen LogP contribution in [0.4, 0.5) is 4.39 Å². The third-order valence-corrected chi connectivity index (χ3v) is 8.82. The number of rotatable bonds is 9. The van der Waals surface area contributed by atoms with E-state index < -0.39 is 70.4 Å². The summed E-state index contributed by atoms with van der Waals surface area (Å²) in [4.78, 5) is 61.4. The first-order valence-electron chi connectivity index (χ1n) is 8.08. The first kappa shape index (κ1) is 27.6. The van der Waals surface area contributed by atoms with Gasteiger partial charge in [-0.05, 0) is 18.7 Å². The molecule has 1 aromatic heterocycles. The molecule has 0 saturated carbocycles. The molecule has 1 saturated heterocycles. The van der Waals surface area contributed by atoms with Gasteiger partial charge < -0.3 is 39.0 Å². The van der Waals surface area contributed by atoms with Crippen molar-refractivity contribution in [2.24, 2.45) is 0 Å². The maximum Gasteiger partial charge on any atom is 0.488 e. The average Bonchev–Trinajstić information content (AvgIpc) is 2.78. The zero-order valence-electron chi connectivity index (χ0n) is 15.7. The highest BCUT2D eigenvalue weighted by atomic mass is 32.5. The van der Waals surface area contributed by atoms with Crippen LogP contribution < -0.4 is 11.2 Å². The van der Waals surface area contributed by atoms with Gasteiger partial charge in [-0.2, -0.15) is 4.31 Å². The van der Waals surface area contributed by atoms with Crippen LogP contribution in [0, 0.1) is 0 Å². The van der Waals surface area contributed by atoms with Crippen LogP contribution in [0.1, 0.15) is 13.2 Å². The predicted molar refractivity (Wildman–Crippen MR) is 103 cm³/mol. The van der Waals surface area contributed by atoms with Gasteiger partial charge in [0.25, 0.3) is 5.56 Å². The molecule has 0 aliphatic carbocycles. The van der Waals surface area contributed by atoms with Gasteiger partial charge in [-0.3, -0.25) is 14.3 Å². The number of phosphoric acid groups is 2. The number of nitrogens with one attached hydrogen (secondary N) is 1. The van der Waals surface area contributed by atoms with Crippen LogP contribution in [0.15, 0.2) is 21.9 Å². The molecule has 0 spiro atoms. The molecule has 7 N–H and O–H groups in total. The fourth-order valence-electron chi connectivity index (χ4n) is 2.77. The smallest absolute Gasteiger partial charge is 0.387 e. The number of hydrogen-bond donors (Lipinski definition) is 7. The highest BCUT2D eigenvalue weighted by Gasteiger charge is 2.62. The number of H-pyrrole nitrogens is 1. The van der Waals surface area contributed by atoms with E-state index in [9.17, 15) is 43.1 Å². The van der Waals surface area contributed by atoms with Crippen molar-refractivity contribution in [1.29, 1.82) is 0 Å². The monoisotopic (exact) mass is 546 g/mol. The highest BCUT2D eigenvalue weighted by Crippen LogP contribution is 2.66. The minimum atomic E-state index is -5.66. The van der Waals surface area contributed by atoms with E-state index in [0.717, 1.165) is 19.2 Å². The molecule has 1 aliphatic rings. The first-order chi connectivity index (χ1) is 14.3. The van der Waals surface area contributed by atoms with Crippen molar-refractivity contribution in [2.75, 3.05) is 13.3 Å². The van der Waals surface area contributed by atoms with Gasteiger partial charge in [0.15, 0.2) is 11.8 Å². The van der Waals surface area contributed by atoms with Crippen molar-refractivity contribution in [2.45, 2.75) is 30.5 Å². The van der Waals surface area contributed by atoms with Crippen LogP contribution in [0.2, 0.25) is 0 Å². The van der Waals surface area contributed by atoms with E-state index in [2.05, 4.69) is 25.0 Å². The van der Waals surface area contributed by atoms with E-state index in [0.29, 0.717) is 4.57 Å². The zero-order valence-corrected chi connectivity index (χ0v) is 19.2. The Morgan fingerprint density at radius 2 is 1.88 bits per heavy atom. The molecule has 1 unspecified atom stereocenters. The standard InChI is InChI=1S/C11H18FN2O14P3S/c1-10(18)7(16)11(4-12,26-8(10)14-3-2-6(15)13-9(14)17)5-25-31(24,32)28-30(22,23)27-29(19,20)21/h2-3,7-8,16,18H,4-5H2,1H3,(H,22,23)(H,24,32)(H,13,15,17)(H2,19,20,21)/t7-,8+,10+,11+,31+/m0/s1. The molecule has 1 aromatic rings. The van der Waals surface area contributed by atoms with E-state index in [-0.39, 0.29) is 0 Å². The van der Waals surface area contributed by atoms with Gasteiger partial charge in [0.05, 0.1) is 6.61 Å². The number of ether oxygens (including phenoxy) is 1. The van der Waals surface area contributed by atoms with Crippen LogP contribution in [-0.2, 0) is 38.8 Å². The summed E-state index contributed by atoms with van der Waals surface area (Å²) in [7, 11) is -11.2. The van der Waals surface area contributed by atoms with E-state index in [4.69, 9.17) is 14.5 Å². The molecule has 184 valence electrons. The Morgan fingerprint density at radius 3 is 2.38 bits per heavy atom. The van der Waals surface area contributed by atoms with Crippen molar-refractivity contribution in [3.8, 4) is 0 Å². The van der Waals surface area contributed by atoms with E-state index in [1.54, 1.807) is 0 Å². The lowest BCUT2D eigenvalue weighted by molar-refractivity contribution is -0.136. The zero-order chi connectivity index (χ0) is 24.8. The summed E-state index contributed by atoms with van der Waals surface area (Å²) >= 11 is 4.41. The quantitative estimate of drug-likeness (QED) is 0.171. The SMILES string of the molecule is C[C@@]1(O)[C@H](O)[C@@](CF)(CO[P@@](O)(=S)OP(=O)(O)OP(=O)(O)O)O[C@H]1n1ccc(=O)[nH]c1=O. The largest absolute Gasteiger partial charge is 0.488 e. The highest BCUT2D eigenvalue weighted by molar-refractivity contribution is 8.08. The molecule has 2 heterocycles. The number of aliphatic hydroxyl groups is 2. The number of nitrogens with zero attached hydrogens (tertiary/aromatic N) is 1. The van der Waals surface area contributed by atoms with Crippen molar-refractivity contribution in [3.63, 3.8) is 0 Å². The number of aromatic nitrogens is 2. The van der Waals surface area contributed by atoms with Crippen LogP contribution in [0.5, 0.6) is 0 Å². The van der Waals surface area contributed by atoms with Crippen LogP contribution in [0.25, 0.3) is 0 Å². The molecule has 0 amide bonds. The minimum absolute atomic E-state index is 0.628. The molecule has 0 radical (unpaired) electrons. The molecule has 1 fully saturated rings. The number of aromatic amines is 1. The van der Waals surface area contributed by atoms with Gasteiger partial charge in [-0.15, -0.1) is 0 Å². The second kappa shape index (κ2) is 9.17. The van der Waals surface area contributed by atoms with Gasteiger partial charge in [0.1, 0.15) is 18.4 Å². The van der Waals surface area contributed by atoms with E-state index in [1.165, 1.54) is 0 Å². The van der Waals surface area contributed by atoms with Crippen molar-refractivity contribution in [3.05, 3.63) is 33.1 Å². The Bertz CT molecular complexity index is 1120. The fourth-order valence-corrected chi connectivity index (χ4v) is 6.77. The molecular formula is C11H18FN2O14P3S. The second-order valence-corrected chi connectivity index (χ2v) is 12.5. The van der Waals surface area contributed by atoms with E-state index in [1.807, 2.05) is 4.98 Å². The van der Waals surface area contributed by atoms with Crippen molar-refractivity contribution < 1.29 is 61.2 Å².